The lowest BCUT2D eigenvalue weighted by molar-refractivity contribution is -0.121. The van der Waals surface area contributed by atoms with E-state index in [4.69, 9.17) is 4.74 Å². The molecule has 148 valence electrons. The predicted octanol–water partition coefficient (Wildman–Crippen LogP) is 3.87. The molecular formula is C24H24N2O3. The van der Waals surface area contributed by atoms with Crippen LogP contribution in [0.5, 0.6) is 5.75 Å². The second-order valence-corrected chi connectivity index (χ2v) is 6.60. The van der Waals surface area contributed by atoms with Gasteiger partial charge in [-0.15, -0.1) is 0 Å². The summed E-state index contributed by atoms with van der Waals surface area (Å²) in [5, 5.41) is 5.89. The number of benzene rings is 3. The first-order valence-electron chi connectivity index (χ1n) is 9.47. The van der Waals surface area contributed by atoms with Gasteiger partial charge in [0.15, 0.2) is 0 Å². The maximum Gasteiger partial charge on any atom is 0.251 e. The Kier molecular flexibility index (Phi) is 7.00. The lowest BCUT2D eigenvalue weighted by Crippen LogP contribution is -2.33. The second-order valence-electron chi connectivity index (χ2n) is 6.60. The zero-order valence-electron chi connectivity index (χ0n) is 16.3. The molecule has 3 aromatic rings. The lowest BCUT2D eigenvalue weighted by Gasteiger charge is -2.19. The van der Waals surface area contributed by atoms with Gasteiger partial charge in [0.25, 0.3) is 5.91 Å². The van der Waals surface area contributed by atoms with Gasteiger partial charge in [0.2, 0.25) is 5.91 Å². The summed E-state index contributed by atoms with van der Waals surface area (Å²) in [5.41, 5.74) is 2.33. The van der Waals surface area contributed by atoms with E-state index in [1.807, 2.05) is 72.8 Å². The molecule has 0 bridgehead atoms. The molecule has 0 saturated carbocycles. The summed E-state index contributed by atoms with van der Waals surface area (Å²) < 4.78 is 5.32. The van der Waals surface area contributed by atoms with Crippen molar-refractivity contribution in [3.63, 3.8) is 0 Å². The largest absolute Gasteiger partial charge is 0.496 e. The molecule has 5 heteroatoms. The molecule has 29 heavy (non-hydrogen) atoms. The van der Waals surface area contributed by atoms with Crippen molar-refractivity contribution in [2.75, 3.05) is 7.11 Å². The Morgan fingerprint density at radius 1 is 0.862 bits per heavy atom. The molecule has 0 radical (unpaired) electrons. The smallest absolute Gasteiger partial charge is 0.251 e. The normalized spacial score (nSPS) is 11.3. The maximum atomic E-state index is 12.6. The zero-order chi connectivity index (χ0) is 20.5. The van der Waals surface area contributed by atoms with Crippen molar-refractivity contribution in [1.82, 2.24) is 10.6 Å². The number of hydrogen-bond donors (Lipinski definition) is 2. The number of nitrogens with one attached hydrogen (secondary N) is 2. The molecule has 1 atom stereocenters. The van der Waals surface area contributed by atoms with E-state index in [0.29, 0.717) is 12.1 Å². The highest BCUT2D eigenvalue weighted by Gasteiger charge is 2.19. The number of methoxy groups -OCH3 is 1. The van der Waals surface area contributed by atoms with Crippen LogP contribution < -0.4 is 15.4 Å². The molecule has 3 aromatic carbocycles. The summed E-state index contributed by atoms with van der Waals surface area (Å²) in [4.78, 5) is 25.2. The summed E-state index contributed by atoms with van der Waals surface area (Å²) >= 11 is 0. The van der Waals surface area contributed by atoms with Crippen LogP contribution in [0.4, 0.5) is 0 Å². The molecule has 0 aromatic heterocycles. The Balaban J connectivity index is 1.68. The van der Waals surface area contributed by atoms with E-state index in [1.54, 1.807) is 19.2 Å². The van der Waals surface area contributed by atoms with Gasteiger partial charge in [0.1, 0.15) is 5.75 Å². The van der Waals surface area contributed by atoms with Gasteiger partial charge in [-0.1, -0.05) is 66.7 Å². The van der Waals surface area contributed by atoms with E-state index in [1.165, 1.54) is 0 Å². The van der Waals surface area contributed by atoms with Crippen molar-refractivity contribution in [3.8, 4) is 5.75 Å². The third-order valence-electron chi connectivity index (χ3n) is 4.60. The first kappa shape index (κ1) is 20.1. The minimum Gasteiger partial charge on any atom is -0.496 e. The fourth-order valence-electron chi connectivity index (χ4n) is 3.07. The maximum absolute atomic E-state index is 12.6. The standard InChI is InChI=1S/C24H24N2O3/c1-29-22-15-9-8-14-20(22)17-25-23(27)16-21(18-10-4-2-5-11-18)26-24(28)19-12-6-3-7-13-19/h2-15,21H,16-17H2,1H3,(H,25,27)(H,26,28). The van der Waals surface area contributed by atoms with E-state index in [-0.39, 0.29) is 18.2 Å². The highest BCUT2D eigenvalue weighted by Crippen LogP contribution is 2.19. The second kappa shape index (κ2) is 10.1. The van der Waals surface area contributed by atoms with Crippen molar-refractivity contribution in [2.45, 2.75) is 19.0 Å². The van der Waals surface area contributed by atoms with Crippen LogP contribution in [0.15, 0.2) is 84.9 Å². The number of rotatable bonds is 8. The Morgan fingerprint density at radius 3 is 2.17 bits per heavy atom. The Hall–Kier alpha value is -3.60. The van der Waals surface area contributed by atoms with E-state index in [9.17, 15) is 9.59 Å². The van der Waals surface area contributed by atoms with E-state index < -0.39 is 6.04 Å². The van der Waals surface area contributed by atoms with Crippen LogP contribution >= 0.6 is 0 Å². The number of para-hydroxylation sites is 1. The van der Waals surface area contributed by atoms with Crippen molar-refractivity contribution in [2.24, 2.45) is 0 Å². The Morgan fingerprint density at radius 2 is 1.48 bits per heavy atom. The summed E-state index contributed by atoms with van der Waals surface area (Å²) in [6.45, 7) is 0.358. The average molecular weight is 388 g/mol. The van der Waals surface area contributed by atoms with E-state index in [0.717, 1.165) is 16.9 Å². The fraction of sp³-hybridized carbons (Fsp3) is 0.167. The Bertz CT molecular complexity index is 943. The van der Waals surface area contributed by atoms with Crippen molar-refractivity contribution in [1.29, 1.82) is 0 Å². The SMILES string of the molecule is COc1ccccc1CNC(=O)CC(NC(=O)c1ccccc1)c1ccccc1. The van der Waals surface area contributed by atoms with Gasteiger partial charge in [0.05, 0.1) is 19.6 Å². The Labute approximate surface area is 170 Å². The number of hydrogen-bond acceptors (Lipinski definition) is 3. The summed E-state index contributed by atoms with van der Waals surface area (Å²) in [6.07, 6.45) is 0.137. The molecule has 0 aliphatic heterocycles. The van der Waals surface area contributed by atoms with E-state index >= 15 is 0 Å². The van der Waals surface area contributed by atoms with Crippen LogP contribution in [-0.4, -0.2) is 18.9 Å². The van der Waals surface area contributed by atoms with Crippen LogP contribution in [0.2, 0.25) is 0 Å². The number of carbonyl (C=O) groups is 2. The molecule has 0 heterocycles. The van der Waals surface area contributed by atoms with Crippen LogP contribution in [0.1, 0.15) is 33.9 Å². The molecule has 2 N–H and O–H groups in total. The molecule has 0 spiro atoms. The van der Waals surface area contributed by atoms with Crippen LogP contribution in [-0.2, 0) is 11.3 Å². The molecular weight excluding hydrogens is 364 g/mol. The minimum absolute atomic E-state index is 0.137. The fourth-order valence-corrected chi connectivity index (χ4v) is 3.07. The predicted molar refractivity (Wildman–Crippen MR) is 113 cm³/mol. The molecule has 1 unspecified atom stereocenters. The topological polar surface area (TPSA) is 67.4 Å². The van der Waals surface area contributed by atoms with Crippen molar-refractivity contribution < 1.29 is 14.3 Å². The molecule has 0 aliphatic rings. The minimum atomic E-state index is -0.429. The first-order valence-corrected chi connectivity index (χ1v) is 9.47. The molecule has 0 saturated heterocycles. The van der Waals surface area contributed by atoms with E-state index in [2.05, 4.69) is 10.6 Å². The van der Waals surface area contributed by atoms with Gasteiger partial charge in [-0.25, -0.2) is 0 Å². The monoisotopic (exact) mass is 388 g/mol. The summed E-state index contributed by atoms with van der Waals surface area (Å²) in [6, 6.07) is 25.6. The number of amides is 2. The summed E-state index contributed by atoms with van der Waals surface area (Å²) in [7, 11) is 1.60. The first-order chi connectivity index (χ1) is 14.2. The number of carbonyl (C=O) groups excluding carboxylic acids is 2. The van der Waals surface area contributed by atoms with Gasteiger partial charge in [-0.2, -0.15) is 0 Å². The highest BCUT2D eigenvalue weighted by molar-refractivity contribution is 5.94. The zero-order valence-corrected chi connectivity index (χ0v) is 16.3. The van der Waals surface area contributed by atoms with Gasteiger partial charge in [0, 0.05) is 17.7 Å². The molecule has 2 amide bonds. The molecule has 0 aliphatic carbocycles. The summed E-state index contributed by atoms with van der Waals surface area (Å²) in [5.74, 6) is 0.361. The third kappa shape index (κ3) is 5.69. The van der Waals surface area contributed by atoms with Crippen LogP contribution in [0.3, 0.4) is 0 Å². The van der Waals surface area contributed by atoms with Gasteiger partial charge in [-0.05, 0) is 23.8 Å². The van der Waals surface area contributed by atoms with Crippen LogP contribution in [0.25, 0.3) is 0 Å². The van der Waals surface area contributed by atoms with Crippen molar-refractivity contribution >= 4 is 11.8 Å². The quantitative estimate of drug-likeness (QED) is 0.616. The van der Waals surface area contributed by atoms with Gasteiger partial charge < -0.3 is 15.4 Å². The van der Waals surface area contributed by atoms with Crippen LogP contribution in [0, 0.1) is 0 Å². The number of ether oxygens (including phenoxy) is 1. The molecule has 3 rings (SSSR count). The van der Waals surface area contributed by atoms with Gasteiger partial charge >= 0.3 is 0 Å². The van der Waals surface area contributed by atoms with Crippen molar-refractivity contribution in [3.05, 3.63) is 102 Å². The highest BCUT2D eigenvalue weighted by atomic mass is 16.5. The lowest BCUT2D eigenvalue weighted by atomic mass is 10.0. The average Bonchev–Trinajstić information content (AvgIpc) is 2.78. The third-order valence-corrected chi connectivity index (χ3v) is 4.60. The molecule has 5 nitrogen and oxygen atoms in total. The van der Waals surface area contributed by atoms with Gasteiger partial charge in [-0.3, -0.25) is 9.59 Å². The molecule has 0 fully saturated rings.